The van der Waals surface area contributed by atoms with Crippen molar-refractivity contribution in [2.45, 2.75) is 32.4 Å². The van der Waals surface area contributed by atoms with Gasteiger partial charge >= 0.3 is 0 Å². The minimum atomic E-state index is -0.493. The number of methoxy groups -OCH3 is 2. The van der Waals surface area contributed by atoms with Gasteiger partial charge in [-0.2, -0.15) is 0 Å². The highest BCUT2D eigenvalue weighted by Gasteiger charge is 2.15. The number of aromatic nitrogens is 1. The van der Waals surface area contributed by atoms with Crippen molar-refractivity contribution in [1.29, 1.82) is 0 Å². The van der Waals surface area contributed by atoms with Crippen molar-refractivity contribution < 1.29 is 14.6 Å². The van der Waals surface area contributed by atoms with Crippen molar-refractivity contribution in [3.05, 3.63) is 24.0 Å². The van der Waals surface area contributed by atoms with Crippen molar-refractivity contribution >= 4 is 5.69 Å². The van der Waals surface area contributed by atoms with Crippen LogP contribution in [0.15, 0.2) is 18.3 Å². The van der Waals surface area contributed by atoms with E-state index in [0.29, 0.717) is 25.3 Å². The van der Waals surface area contributed by atoms with E-state index >= 15 is 0 Å². The number of anilines is 1. The molecule has 5 heteroatoms. The maximum atomic E-state index is 9.78. The first-order chi connectivity index (χ1) is 9.63. The van der Waals surface area contributed by atoms with Gasteiger partial charge in [-0.05, 0) is 25.5 Å². The number of hydrogen-bond acceptors (Lipinski definition) is 5. The van der Waals surface area contributed by atoms with E-state index in [1.807, 2.05) is 19.1 Å². The van der Waals surface area contributed by atoms with Gasteiger partial charge in [0.25, 0.3) is 0 Å². The molecule has 0 radical (unpaired) electrons. The summed E-state index contributed by atoms with van der Waals surface area (Å²) in [5.41, 5.74) is 1.72. The number of aliphatic hydroxyl groups is 1. The summed E-state index contributed by atoms with van der Waals surface area (Å²) in [6.45, 7) is 6.11. The maximum absolute atomic E-state index is 9.78. The van der Waals surface area contributed by atoms with Gasteiger partial charge in [-0.25, -0.2) is 0 Å². The molecule has 0 spiro atoms. The Balaban J connectivity index is 2.84. The molecule has 1 N–H and O–H groups in total. The van der Waals surface area contributed by atoms with Gasteiger partial charge in [0.05, 0.1) is 36.9 Å². The molecular weight excluding hydrogens is 256 g/mol. The summed E-state index contributed by atoms with van der Waals surface area (Å²) in [6.07, 6.45) is 1.98. The second kappa shape index (κ2) is 8.89. The van der Waals surface area contributed by atoms with Crippen LogP contribution < -0.4 is 4.90 Å². The molecule has 0 saturated carbocycles. The molecule has 20 heavy (non-hydrogen) atoms. The van der Waals surface area contributed by atoms with Gasteiger partial charge in [-0.3, -0.25) is 4.98 Å². The van der Waals surface area contributed by atoms with E-state index in [-0.39, 0.29) is 6.04 Å². The van der Waals surface area contributed by atoms with Crippen molar-refractivity contribution in [3.8, 4) is 0 Å². The van der Waals surface area contributed by atoms with E-state index in [1.54, 1.807) is 20.4 Å². The molecule has 2 atom stereocenters. The van der Waals surface area contributed by atoms with Gasteiger partial charge in [0.2, 0.25) is 0 Å². The summed E-state index contributed by atoms with van der Waals surface area (Å²) in [4.78, 5) is 6.54. The molecule has 0 saturated heterocycles. The van der Waals surface area contributed by atoms with Crippen LogP contribution in [0.4, 0.5) is 5.69 Å². The summed E-state index contributed by atoms with van der Waals surface area (Å²) in [6, 6.07) is 4.10. The number of ether oxygens (including phenoxy) is 2. The Morgan fingerprint density at radius 2 is 2.05 bits per heavy atom. The lowest BCUT2D eigenvalue weighted by Crippen LogP contribution is -2.38. The molecule has 0 amide bonds. The average Bonchev–Trinajstić information content (AvgIpc) is 2.48. The summed E-state index contributed by atoms with van der Waals surface area (Å²) in [5.74, 6) is 0. The second-order valence-corrected chi connectivity index (χ2v) is 4.86. The number of nitrogens with zero attached hydrogens (tertiary/aromatic N) is 2. The molecule has 0 bridgehead atoms. The summed E-state index contributed by atoms with van der Waals surface area (Å²) in [5, 5.41) is 9.78. The molecular formula is C15H26N2O3. The Bertz CT molecular complexity index is 370. The molecule has 0 aliphatic rings. The third-order valence-electron chi connectivity index (χ3n) is 3.31. The van der Waals surface area contributed by atoms with Crippen molar-refractivity contribution in [2.24, 2.45) is 0 Å². The van der Waals surface area contributed by atoms with Crippen LogP contribution in [0.5, 0.6) is 0 Å². The van der Waals surface area contributed by atoms with Crippen LogP contribution in [-0.2, 0) is 9.47 Å². The number of rotatable bonds is 9. The standard InChI is InChI=1S/C15H26N2O3/c1-5-15(18)14-7-6-13(10-16-14)17(8-9-19-3)12(2)11-20-4/h6-7,10,12,15,18H,5,8-9,11H2,1-4H3/t12?,15-/m1/s1. The van der Waals surface area contributed by atoms with Gasteiger partial charge in [0.1, 0.15) is 0 Å². The van der Waals surface area contributed by atoms with Gasteiger partial charge in [0.15, 0.2) is 0 Å². The van der Waals surface area contributed by atoms with E-state index in [9.17, 15) is 5.11 Å². The zero-order chi connectivity index (χ0) is 15.0. The number of pyridine rings is 1. The van der Waals surface area contributed by atoms with Crippen LogP contribution in [0, 0.1) is 0 Å². The SMILES string of the molecule is CC[C@@H](O)c1ccc(N(CCOC)C(C)COC)cn1. The largest absolute Gasteiger partial charge is 0.387 e. The van der Waals surface area contributed by atoms with Crippen molar-refractivity contribution in [2.75, 3.05) is 38.9 Å². The van der Waals surface area contributed by atoms with Crippen molar-refractivity contribution in [3.63, 3.8) is 0 Å². The van der Waals surface area contributed by atoms with Gasteiger partial charge in [-0.15, -0.1) is 0 Å². The van der Waals surface area contributed by atoms with Gasteiger partial charge < -0.3 is 19.5 Å². The molecule has 1 unspecified atom stereocenters. The van der Waals surface area contributed by atoms with Crippen LogP contribution in [0.3, 0.4) is 0 Å². The van der Waals surface area contributed by atoms with Gasteiger partial charge in [-0.1, -0.05) is 6.92 Å². The minimum Gasteiger partial charge on any atom is -0.387 e. The first-order valence-electron chi connectivity index (χ1n) is 7.02. The third kappa shape index (κ3) is 4.74. The molecule has 0 aliphatic carbocycles. The maximum Gasteiger partial charge on any atom is 0.0957 e. The fourth-order valence-electron chi connectivity index (χ4n) is 2.10. The third-order valence-corrected chi connectivity index (χ3v) is 3.31. The first-order valence-corrected chi connectivity index (χ1v) is 7.02. The Kier molecular flexibility index (Phi) is 7.51. The highest BCUT2D eigenvalue weighted by Crippen LogP contribution is 2.20. The summed E-state index contributed by atoms with van der Waals surface area (Å²) in [7, 11) is 3.39. The van der Waals surface area contributed by atoms with Crippen LogP contribution in [0.25, 0.3) is 0 Å². The van der Waals surface area contributed by atoms with Gasteiger partial charge in [0, 0.05) is 26.8 Å². The molecule has 114 valence electrons. The smallest absolute Gasteiger partial charge is 0.0957 e. The lowest BCUT2D eigenvalue weighted by molar-refractivity contribution is 0.168. The predicted molar refractivity (Wildman–Crippen MR) is 80.0 cm³/mol. The normalized spacial score (nSPS) is 14.1. The minimum absolute atomic E-state index is 0.235. The fourth-order valence-corrected chi connectivity index (χ4v) is 2.10. The molecule has 1 heterocycles. The van der Waals surface area contributed by atoms with Crippen LogP contribution in [-0.4, -0.2) is 50.1 Å². The van der Waals surface area contributed by atoms with E-state index < -0.39 is 6.10 Å². The predicted octanol–water partition coefficient (Wildman–Crippen LogP) is 2.01. The van der Waals surface area contributed by atoms with Crippen molar-refractivity contribution in [1.82, 2.24) is 4.98 Å². The summed E-state index contributed by atoms with van der Waals surface area (Å²) >= 11 is 0. The fraction of sp³-hybridized carbons (Fsp3) is 0.667. The zero-order valence-electron chi connectivity index (χ0n) is 12.9. The Morgan fingerprint density at radius 3 is 2.55 bits per heavy atom. The van der Waals surface area contributed by atoms with Crippen LogP contribution in [0.2, 0.25) is 0 Å². The Hall–Kier alpha value is -1.17. The van der Waals surface area contributed by atoms with E-state index in [0.717, 1.165) is 12.2 Å². The molecule has 0 aliphatic heterocycles. The zero-order valence-corrected chi connectivity index (χ0v) is 12.9. The summed E-state index contributed by atoms with van der Waals surface area (Å²) < 4.78 is 10.4. The van der Waals surface area contributed by atoms with Crippen LogP contribution in [0.1, 0.15) is 32.1 Å². The lowest BCUT2D eigenvalue weighted by atomic mass is 10.1. The number of hydrogen-bond donors (Lipinski definition) is 1. The molecule has 1 aromatic heterocycles. The number of aliphatic hydroxyl groups excluding tert-OH is 1. The first kappa shape index (κ1) is 16.9. The molecule has 0 fully saturated rings. The quantitative estimate of drug-likeness (QED) is 0.751. The second-order valence-electron chi connectivity index (χ2n) is 4.86. The highest BCUT2D eigenvalue weighted by atomic mass is 16.5. The molecule has 1 aromatic rings. The van der Waals surface area contributed by atoms with E-state index in [4.69, 9.17) is 9.47 Å². The van der Waals surface area contributed by atoms with E-state index in [1.165, 1.54) is 0 Å². The Morgan fingerprint density at radius 1 is 1.30 bits per heavy atom. The Labute approximate surface area is 121 Å². The topological polar surface area (TPSA) is 54.8 Å². The molecule has 1 rings (SSSR count). The lowest BCUT2D eigenvalue weighted by Gasteiger charge is -2.30. The van der Waals surface area contributed by atoms with E-state index in [2.05, 4.69) is 16.8 Å². The molecule has 0 aromatic carbocycles. The monoisotopic (exact) mass is 282 g/mol. The average molecular weight is 282 g/mol. The molecule has 5 nitrogen and oxygen atoms in total. The van der Waals surface area contributed by atoms with Crippen LogP contribution >= 0.6 is 0 Å². The highest BCUT2D eigenvalue weighted by molar-refractivity contribution is 5.45.